The molecule has 28 heavy (non-hydrogen) atoms. The molecule has 2 aromatic rings. The Morgan fingerprint density at radius 3 is 2.61 bits per heavy atom. The van der Waals surface area contributed by atoms with Gasteiger partial charge in [-0.3, -0.25) is 0 Å². The van der Waals surface area contributed by atoms with Crippen molar-refractivity contribution in [3.63, 3.8) is 0 Å². The first-order valence-electron chi connectivity index (χ1n) is 9.68. The van der Waals surface area contributed by atoms with Crippen LogP contribution in [0.5, 0.6) is 0 Å². The van der Waals surface area contributed by atoms with Crippen LogP contribution < -0.4 is 10.6 Å². The lowest BCUT2D eigenvalue weighted by molar-refractivity contribution is 0.297. The molecule has 2 heterocycles. The van der Waals surface area contributed by atoms with E-state index in [0.29, 0.717) is 0 Å². The smallest absolute Gasteiger partial charge is 0.0693 e. The van der Waals surface area contributed by atoms with E-state index in [-0.39, 0.29) is 6.04 Å². The van der Waals surface area contributed by atoms with E-state index >= 15 is 0 Å². The molecule has 1 unspecified atom stereocenters. The highest BCUT2D eigenvalue weighted by Crippen LogP contribution is 2.39. The van der Waals surface area contributed by atoms with Crippen LogP contribution in [-0.2, 0) is 6.54 Å². The monoisotopic (exact) mass is 369 g/mol. The van der Waals surface area contributed by atoms with Crippen LogP contribution in [0.25, 0.3) is 11.4 Å². The third-order valence-corrected chi connectivity index (χ3v) is 5.69. The minimum Gasteiger partial charge on any atom is -0.362 e. The van der Waals surface area contributed by atoms with E-state index in [1.807, 2.05) is 18.2 Å². The van der Waals surface area contributed by atoms with E-state index in [9.17, 15) is 0 Å². The van der Waals surface area contributed by atoms with Gasteiger partial charge in [-0.1, -0.05) is 56.6 Å². The Morgan fingerprint density at radius 2 is 1.89 bits per heavy atom. The number of benzene rings is 2. The molecule has 2 aromatic carbocycles. The fourth-order valence-corrected chi connectivity index (χ4v) is 4.09. The van der Waals surface area contributed by atoms with Crippen LogP contribution in [0.2, 0.25) is 0 Å². The molecule has 0 spiro atoms. The fraction of sp³-hybridized carbons (Fsp3) is 0.200. The van der Waals surface area contributed by atoms with E-state index in [1.165, 1.54) is 16.7 Å². The van der Waals surface area contributed by atoms with Gasteiger partial charge in [-0.2, -0.15) is 0 Å². The van der Waals surface area contributed by atoms with Gasteiger partial charge in [0.25, 0.3) is 0 Å². The van der Waals surface area contributed by atoms with E-state index in [1.54, 1.807) is 0 Å². The van der Waals surface area contributed by atoms with Crippen molar-refractivity contribution in [1.82, 2.24) is 10.2 Å². The predicted octanol–water partition coefficient (Wildman–Crippen LogP) is 5.64. The highest BCUT2D eigenvalue weighted by molar-refractivity contribution is 5.80. The van der Waals surface area contributed by atoms with Gasteiger partial charge < -0.3 is 15.5 Å². The molecular weight excluding hydrogens is 342 g/mol. The summed E-state index contributed by atoms with van der Waals surface area (Å²) in [4.78, 5) is 2.36. The minimum absolute atomic E-state index is 0.251. The average molecular weight is 370 g/mol. The Hall–Kier alpha value is -3.20. The number of rotatable bonds is 4. The van der Waals surface area contributed by atoms with Crippen molar-refractivity contribution in [2.75, 3.05) is 5.32 Å². The summed E-state index contributed by atoms with van der Waals surface area (Å²) < 4.78 is 0. The maximum absolute atomic E-state index is 4.38. The maximum Gasteiger partial charge on any atom is 0.0693 e. The molecule has 0 bridgehead atoms. The molecule has 3 nitrogen and oxygen atoms in total. The van der Waals surface area contributed by atoms with Crippen LogP contribution in [0.4, 0.5) is 5.69 Å². The number of allylic oxidation sites excluding steroid dienone is 1. The summed E-state index contributed by atoms with van der Waals surface area (Å²) in [6.45, 7) is 19.8. The van der Waals surface area contributed by atoms with Crippen LogP contribution in [0.1, 0.15) is 35.1 Å². The average Bonchev–Trinajstić information content (AvgIpc) is 2.98. The molecule has 0 saturated carbocycles. The number of aryl methyl sites for hydroxylation is 1. The van der Waals surface area contributed by atoms with Crippen molar-refractivity contribution >= 4 is 17.1 Å². The summed E-state index contributed by atoms with van der Waals surface area (Å²) >= 11 is 0. The van der Waals surface area contributed by atoms with Crippen molar-refractivity contribution in [3.05, 3.63) is 102 Å². The van der Waals surface area contributed by atoms with Crippen molar-refractivity contribution in [2.45, 2.75) is 32.4 Å². The Bertz CT molecular complexity index is 984. The standard InChI is InChI=1S/C25H27N3/c1-16-13-23-20(5)28(25-12-11-17(2)26-19(25)4)15-22(23)14-24(16)27-18(3)21-9-7-6-8-10-21/h6-10,13-14,25-27H,2-5,11-12,15H2,1H3. The first-order valence-corrected chi connectivity index (χ1v) is 9.68. The zero-order chi connectivity index (χ0) is 19.8. The van der Waals surface area contributed by atoms with Gasteiger partial charge in [-0.05, 0) is 48.6 Å². The summed E-state index contributed by atoms with van der Waals surface area (Å²) in [6.07, 6.45) is 1.99. The molecule has 2 aliphatic heterocycles. The van der Waals surface area contributed by atoms with Crippen LogP contribution in [-0.4, -0.2) is 10.9 Å². The lowest BCUT2D eigenvalue weighted by atomic mass is 10.0. The number of hydrogen-bond donors (Lipinski definition) is 2. The lowest BCUT2D eigenvalue weighted by Gasteiger charge is -2.36. The fourth-order valence-electron chi connectivity index (χ4n) is 4.09. The van der Waals surface area contributed by atoms with Gasteiger partial charge >= 0.3 is 0 Å². The Kier molecular flexibility index (Phi) is 4.60. The molecule has 142 valence electrons. The Labute approximate surface area is 167 Å². The quantitative estimate of drug-likeness (QED) is 0.730. The van der Waals surface area contributed by atoms with Gasteiger partial charge in [0.15, 0.2) is 0 Å². The molecule has 0 amide bonds. The summed E-state index contributed by atoms with van der Waals surface area (Å²) in [5, 5.41) is 6.82. The second kappa shape index (κ2) is 7.08. The van der Waals surface area contributed by atoms with Gasteiger partial charge in [0.1, 0.15) is 0 Å². The van der Waals surface area contributed by atoms with E-state index in [0.717, 1.165) is 53.4 Å². The first kappa shape index (κ1) is 18.2. The molecule has 2 N–H and O–H groups in total. The Balaban J connectivity index is 1.57. The topological polar surface area (TPSA) is 27.3 Å². The normalized spacial score (nSPS) is 18.7. The highest BCUT2D eigenvalue weighted by Gasteiger charge is 2.32. The summed E-state index contributed by atoms with van der Waals surface area (Å²) in [5.74, 6) is 0. The van der Waals surface area contributed by atoms with E-state index < -0.39 is 0 Å². The maximum atomic E-state index is 4.38. The van der Waals surface area contributed by atoms with Crippen LogP contribution in [0.3, 0.4) is 0 Å². The second-order valence-corrected chi connectivity index (χ2v) is 7.68. The number of anilines is 1. The largest absolute Gasteiger partial charge is 0.362 e. The summed E-state index contributed by atoms with van der Waals surface area (Å²) in [6, 6.07) is 14.9. The molecule has 2 aliphatic rings. The number of nitrogens with one attached hydrogen (secondary N) is 2. The molecule has 3 heteroatoms. The number of nitrogens with zero attached hydrogens (tertiary/aromatic N) is 1. The van der Waals surface area contributed by atoms with Gasteiger partial charge in [0.2, 0.25) is 0 Å². The third-order valence-electron chi connectivity index (χ3n) is 5.69. The third kappa shape index (κ3) is 3.24. The van der Waals surface area contributed by atoms with Gasteiger partial charge in [0, 0.05) is 40.6 Å². The summed E-state index contributed by atoms with van der Waals surface area (Å²) in [7, 11) is 0. The molecular formula is C25H27N3. The number of hydrogen-bond acceptors (Lipinski definition) is 3. The first-order chi connectivity index (χ1) is 13.4. The highest BCUT2D eigenvalue weighted by atomic mass is 15.2. The zero-order valence-electron chi connectivity index (χ0n) is 16.5. The SMILES string of the molecule is C=C1CCC(N2Cc3cc(NC(=C)c4ccccc4)c(C)cc3C2=C)C(=C)N1. The molecule has 0 aliphatic carbocycles. The van der Waals surface area contributed by atoms with Crippen molar-refractivity contribution in [1.29, 1.82) is 0 Å². The lowest BCUT2D eigenvalue weighted by Crippen LogP contribution is -2.39. The second-order valence-electron chi connectivity index (χ2n) is 7.68. The van der Waals surface area contributed by atoms with E-state index in [2.05, 4.69) is 73.0 Å². The van der Waals surface area contributed by atoms with Crippen LogP contribution in [0.15, 0.2) is 80.2 Å². The van der Waals surface area contributed by atoms with Gasteiger partial charge in [-0.15, -0.1) is 0 Å². The molecule has 1 atom stereocenters. The number of fused-ring (bicyclic) bond motifs is 1. The molecule has 0 radical (unpaired) electrons. The molecule has 4 rings (SSSR count). The molecule has 0 aromatic heterocycles. The van der Waals surface area contributed by atoms with Crippen molar-refractivity contribution in [2.24, 2.45) is 0 Å². The van der Waals surface area contributed by atoms with Gasteiger partial charge in [-0.25, -0.2) is 0 Å². The Morgan fingerprint density at radius 1 is 1.14 bits per heavy atom. The summed E-state index contributed by atoms with van der Waals surface area (Å²) in [5.41, 5.74) is 9.93. The van der Waals surface area contributed by atoms with Crippen LogP contribution in [0, 0.1) is 6.92 Å². The van der Waals surface area contributed by atoms with Crippen LogP contribution >= 0.6 is 0 Å². The predicted molar refractivity (Wildman–Crippen MR) is 119 cm³/mol. The van der Waals surface area contributed by atoms with E-state index in [4.69, 9.17) is 0 Å². The number of piperidine rings is 1. The minimum atomic E-state index is 0.251. The molecule has 1 fully saturated rings. The van der Waals surface area contributed by atoms with Crippen molar-refractivity contribution < 1.29 is 0 Å². The molecule has 1 saturated heterocycles. The van der Waals surface area contributed by atoms with Gasteiger partial charge in [0.05, 0.1) is 6.04 Å². The van der Waals surface area contributed by atoms with Crippen molar-refractivity contribution in [3.8, 4) is 0 Å². The zero-order valence-corrected chi connectivity index (χ0v) is 16.5.